The Kier molecular flexibility index (Phi) is 46.2. The Morgan fingerprint density at radius 1 is 0.566 bits per heavy atom. The van der Waals surface area contributed by atoms with Crippen LogP contribution in [0.5, 0.6) is 0 Å². The third-order valence-electron chi connectivity index (χ3n) is 25.8. The molecule has 48 heteroatoms. The van der Waals surface area contributed by atoms with Gasteiger partial charge in [0, 0.05) is 235 Å². The number of β-amino-alcohol motifs (C(OH)–C–C–N with tert-alkyl or cyclic N) is 1. The average Bonchev–Trinajstić information content (AvgIpc) is 1.38. The molecule has 2 bridgehead atoms. The van der Waals surface area contributed by atoms with Crippen LogP contribution in [0.1, 0.15) is 135 Å². The maximum absolute atomic E-state index is 15.9. The second-order valence-corrected chi connectivity index (χ2v) is 40.4. The first-order chi connectivity index (χ1) is 67.7. The third kappa shape index (κ3) is 36.6. The number of amides is 12. The monoisotopic (exact) mass is 2210 g/mol. The first-order valence-electron chi connectivity index (χ1n) is 48.2. The van der Waals surface area contributed by atoms with Crippen molar-refractivity contribution in [2.75, 3.05) is 136 Å². The van der Waals surface area contributed by atoms with Crippen molar-refractivity contribution >= 4 is 158 Å². The number of benzene rings is 2. The van der Waals surface area contributed by atoms with Crippen LogP contribution < -0.4 is 58.5 Å². The van der Waals surface area contributed by atoms with E-state index < -0.39 is 199 Å². The van der Waals surface area contributed by atoms with Crippen molar-refractivity contribution in [1.29, 1.82) is 0 Å². The topological polar surface area (TPSA) is 617 Å². The van der Waals surface area contributed by atoms with Crippen molar-refractivity contribution < 1.29 is 154 Å². The number of piperidine rings is 1. The fraction of sp³-hybridized carbons (Fsp3) is 0.600. The number of hydrogen-bond donors (Lipinski definition) is 19. The third-order valence-corrected chi connectivity index (χ3v) is 28.1. The van der Waals surface area contributed by atoms with Gasteiger partial charge >= 0.3 is 29.8 Å². The van der Waals surface area contributed by atoms with Gasteiger partial charge in [-0.1, -0.05) is 83.8 Å². The summed E-state index contributed by atoms with van der Waals surface area (Å²) in [6, 6.07) is 3.04. The normalized spacial score (nSPS) is 21.0. The standard InChI is InChI=1S/C95H135ClN20O24S2.Lu/c1-7-57(6)84-92(137)97-23-36-141-52-62-11-10-12-63(100-62)53-142-54-75(90(135)110-95(21-34-140-35-22-95)94(139)108-71(38-56(4)5)89(134)109-84)107-86(131)70(37-55(2)3)104-85(130)69(17-18-79(120)121)103-91(136)76-42-64(117)46-116(76)93(138)74(40-59-45-99-68-16-15-60(96)41-66(59)68)106-87(132)72(39-58-44-98-67-14-9-8-13-65(58)67)105-88(133)73(43-80(122)123)102-78(119)48-111-24-19-61(20-25-111)101-77(118)47-112-26-28-113(49-81(124)125)30-32-115(51-83(128)129)33-31-114(29-27-112)50-82(126)127;/h8-16,41,44-45,55-57,61,64,69-76,84,98-99,117H,7,17-40,42-43,46-54H2,1-6H3,(H,97,137)(H,101,118)(H,102,119)(H,103,136)(H,104,130)(H,105,133)(H,106,132)(H,107,131)(H,108,139)(H,109,134)(H,110,135)(H,120,121)(H,122,123)(H,124,125)(H,126,127)(H,128,129);/t57-,64+,69-,70+,71-,72-,73-,74-,75-,76-,84-;/m0./s1. The van der Waals surface area contributed by atoms with Crippen molar-refractivity contribution in [3.05, 3.63) is 101 Å². The Labute approximate surface area is 871 Å². The molecule has 12 amide bonds. The quantitative estimate of drug-likeness (QED) is 0.0244. The van der Waals surface area contributed by atoms with Crippen molar-refractivity contribution in [2.45, 2.75) is 209 Å². The van der Waals surface area contributed by atoms with E-state index in [1.165, 1.54) is 23.5 Å². The molecule has 44 nitrogen and oxygen atoms in total. The molecule has 4 fully saturated rings. The number of thioether (sulfide) groups is 2. The van der Waals surface area contributed by atoms with E-state index in [9.17, 15) is 78.6 Å². The molecule has 2 aromatic carbocycles. The van der Waals surface area contributed by atoms with Crippen LogP contribution in [-0.4, -0.2) is 384 Å². The number of likely N-dealkylation sites (tertiary alicyclic amines) is 2. The van der Waals surface area contributed by atoms with Crippen LogP contribution in [0.4, 0.5) is 0 Å². The summed E-state index contributed by atoms with van der Waals surface area (Å²) in [6.45, 7) is 11.1. The van der Waals surface area contributed by atoms with E-state index in [0.29, 0.717) is 69.4 Å². The van der Waals surface area contributed by atoms with Crippen molar-refractivity contribution in [3.63, 3.8) is 0 Å². The molecule has 5 aliphatic rings. The number of aliphatic hydroxyl groups excluding tert-OH is 1. The number of nitrogens with zero attached hydrogens (tertiary/aromatic N) is 7. The largest absolute Gasteiger partial charge is 0.481 e. The van der Waals surface area contributed by atoms with Gasteiger partial charge in [0.1, 0.15) is 59.9 Å². The Morgan fingerprint density at radius 2 is 1.12 bits per heavy atom. The summed E-state index contributed by atoms with van der Waals surface area (Å²) in [5.74, 6) is -16.0. The van der Waals surface area contributed by atoms with Gasteiger partial charge in [0.05, 0.1) is 56.6 Å². The molecular weight excluding hydrogens is 2080 g/mol. The summed E-state index contributed by atoms with van der Waals surface area (Å²) >= 11 is 9.31. The summed E-state index contributed by atoms with van der Waals surface area (Å²) in [5, 5.41) is 93.3. The molecular formula is C95H135ClLuN20O24S2. The number of aliphatic carboxylic acids is 5. The second kappa shape index (κ2) is 56.9. The number of carbonyl (C=O) groups is 17. The number of aliphatic hydroxyl groups is 1. The molecule has 11 atom stereocenters. The molecule has 1 radical (unpaired) electrons. The zero-order valence-corrected chi connectivity index (χ0v) is 85.1. The Hall–Kier alpha value is -10.4. The van der Waals surface area contributed by atoms with Crippen molar-refractivity contribution in [2.24, 2.45) is 17.8 Å². The van der Waals surface area contributed by atoms with Gasteiger partial charge in [-0.05, 0) is 97.4 Å². The number of carboxylic acid groups (broad SMARTS) is 5. The summed E-state index contributed by atoms with van der Waals surface area (Å²) in [6.07, 6.45) is -0.780. The number of fused-ring (bicyclic) bond motifs is 4. The Balaban J connectivity index is 0.0000228. The summed E-state index contributed by atoms with van der Waals surface area (Å²) in [7, 11) is 0. The Morgan fingerprint density at radius 3 is 1.71 bits per heavy atom. The molecule has 3 aromatic heterocycles. The minimum atomic E-state index is -1.84. The van der Waals surface area contributed by atoms with Crippen LogP contribution in [0.3, 0.4) is 0 Å². The molecule has 5 aromatic rings. The van der Waals surface area contributed by atoms with Crippen molar-refractivity contribution in [3.8, 4) is 0 Å². The van der Waals surface area contributed by atoms with Gasteiger partial charge in [-0.3, -0.25) is 111 Å². The van der Waals surface area contributed by atoms with E-state index in [1.807, 2.05) is 39.8 Å². The fourth-order valence-electron chi connectivity index (χ4n) is 18.0. The van der Waals surface area contributed by atoms with E-state index in [0.717, 1.165) is 10.6 Å². The van der Waals surface area contributed by atoms with Gasteiger partial charge in [-0.15, -0.1) is 0 Å². The Bertz CT molecular complexity index is 5230. The number of aromatic nitrogens is 3. The number of H-pyrrole nitrogens is 2. The molecule has 8 heterocycles. The zero-order valence-electron chi connectivity index (χ0n) is 81.1. The van der Waals surface area contributed by atoms with Crippen LogP contribution in [0.2, 0.25) is 5.02 Å². The molecule has 143 heavy (non-hydrogen) atoms. The van der Waals surface area contributed by atoms with Gasteiger partial charge in [0.15, 0.2) is 0 Å². The summed E-state index contributed by atoms with van der Waals surface area (Å²) in [4.78, 5) is 260. The molecule has 0 aliphatic carbocycles. The predicted octanol–water partition coefficient (Wildman–Crippen LogP) is -0.181. The molecule has 1 spiro atoms. The van der Waals surface area contributed by atoms with E-state index in [2.05, 4.69) is 68.5 Å². The van der Waals surface area contributed by atoms with Crippen LogP contribution in [-0.2, 0) is 111 Å². The number of aromatic amines is 2. The number of ether oxygens (including phenoxy) is 1. The minimum absolute atomic E-state index is 0. The van der Waals surface area contributed by atoms with Crippen LogP contribution in [0, 0.1) is 54.6 Å². The number of nitrogens with one attached hydrogen (secondary N) is 13. The van der Waals surface area contributed by atoms with Gasteiger partial charge in [0.2, 0.25) is 70.9 Å². The molecule has 19 N–H and O–H groups in total. The van der Waals surface area contributed by atoms with Crippen LogP contribution in [0.15, 0.2) is 73.1 Å². The first kappa shape index (κ1) is 116. The van der Waals surface area contributed by atoms with Gasteiger partial charge < -0.3 is 109 Å². The second-order valence-electron chi connectivity index (χ2n) is 37.8. The molecule has 0 saturated carbocycles. The maximum atomic E-state index is 15.9. The molecule has 5 aliphatic heterocycles. The summed E-state index contributed by atoms with van der Waals surface area (Å²) in [5.41, 5.74) is 1.61. The SMILES string of the molecule is CC[C@H](C)[C@@H]1NC(=O)[C@H](CC(C)C)NC(=O)C2(CCOCC2)NC(=O)[C@@H](NC(=O)[C@@H](CC(C)C)NC(=O)[C@H](CCC(=O)O)NC(=O)[C@@H]2C[C@@H](O)CN2C(=O)[C@H](Cc2c[nH]c3ccc(Cl)cc23)NC(=O)[C@H](Cc2c[nH]c3ccccc23)NC(=O)[C@H](CC(=O)O)NC(=O)CN2CCC(NC(=O)CN3CCN(CC(=O)O)CCN(CC(=O)O)CCN(CC(=O)O)CC3)CC2)CSCc2cccc(n2)CSCCNC1=O.[Lu]. The molecule has 4 saturated heterocycles. The van der Waals surface area contributed by atoms with Gasteiger partial charge in [-0.2, -0.15) is 23.5 Å². The number of carboxylic acids is 5. The fourth-order valence-corrected chi connectivity index (χ4v) is 19.9. The van der Waals surface area contributed by atoms with Crippen LogP contribution in [0.25, 0.3) is 21.8 Å². The molecule has 0 unspecified atom stereocenters. The molecule has 793 valence electrons. The molecule has 10 rings (SSSR count). The maximum Gasteiger partial charge on any atom is 0.317 e. The van der Waals surface area contributed by atoms with E-state index >= 15 is 33.6 Å². The minimum Gasteiger partial charge on any atom is -0.481 e. The number of hydrogen-bond acceptors (Lipinski definition) is 27. The van der Waals surface area contributed by atoms with Gasteiger partial charge in [0.25, 0.3) is 0 Å². The van der Waals surface area contributed by atoms with E-state index in [4.69, 9.17) is 21.3 Å². The number of pyridine rings is 1. The number of para-hydroxylation sites is 1. The van der Waals surface area contributed by atoms with Gasteiger partial charge in [-0.25, -0.2) is 0 Å². The summed E-state index contributed by atoms with van der Waals surface area (Å²) < 4.78 is 5.73. The number of carbonyl (C=O) groups excluding carboxylic acids is 12. The zero-order chi connectivity index (χ0) is 103. The smallest absolute Gasteiger partial charge is 0.317 e. The van der Waals surface area contributed by atoms with E-state index in [1.54, 1.807) is 99.3 Å². The van der Waals surface area contributed by atoms with E-state index in [-0.39, 0.29) is 234 Å². The average molecular weight is 2220 g/mol. The predicted molar refractivity (Wildman–Crippen MR) is 525 cm³/mol. The number of rotatable bonds is 38. The number of halogens is 1. The van der Waals surface area contributed by atoms with Crippen LogP contribution >= 0.6 is 35.1 Å². The van der Waals surface area contributed by atoms with Crippen molar-refractivity contribution in [1.82, 2.24) is 103 Å². The first-order valence-corrected chi connectivity index (χ1v) is 50.9.